The van der Waals surface area contributed by atoms with Gasteiger partial charge in [-0.2, -0.15) is 0 Å². The predicted octanol–water partition coefficient (Wildman–Crippen LogP) is 3.94. The zero-order chi connectivity index (χ0) is 15.9. The van der Waals surface area contributed by atoms with E-state index in [4.69, 9.17) is 5.11 Å². The highest BCUT2D eigenvalue weighted by molar-refractivity contribution is 6.02. The number of fused-ring (bicyclic) bond motifs is 3. The zero-order valence-electron chi connectivity index (χ0n) is 12.7. The Balaban J connectivity index is 1.95. The van der Waals surface area contributed by atoms with E-state index in [1.807, 2.05) is 30.3 Å². The van der Waals surface area contributed by atoms with Crippen LogP contribution in [0.4, 0.5) is 0 Å². The number of aliphatic carboxylic acids is 1. The Morgan fingerprint density at radius 1 is 1.05 bits per heavy atom. The molecule has 2 aromatic rings. The van der Waals surface area contributed by atoms with Gasteiger partial charge in [-0.25, -0.2) is 0 Å². The van der Waals surface area contributed by atoms with Gasteiger partial charge < -0.3 is 5.11 Å². The van der Waals surface area contributed by atoms with Gasteiger partial charge in [0.25, 0.3) is 0 Å². The number of carbonyl (C=O) groups is 2. The molecule has 0 aromatic heterocycles. The normalized spacial score (nSPS) is 12.6. The molecule has 3 heteroatoms. The summed E-state index contributed by atoms with van der Waals surface area (Å²) in [6.45, 7) is 3.37. The third kappa shape index (κ3) is 2.43. The minimum atomic E-state index is -0.952. The third-order valence-electron chi connectivity index (χ3n) is 4.26. The number of rotatable bonds is 4. The molecule has 0 fully saturated rings. The molecule has 1 N–H and O–H groups in total. The van der Waals surface area contributed by atoms with Crippen LogP contribution in [0.5, 0.6) is 0 Å². The van der Waals surface area contributed by atoms with Crippen LogP contribution in [0.1, 0.15) is 41.8 Å². The summed E-state index contributed by atoms with van der Waals surface area (Å²) in [7, 11) is 0. The van der Waals surface area contributed by atoms with Gasteiger partial charge in [0.1, 0.15) is 0 Å². The average Bonchev–Trinajstić information content (AvgIpc) is 2.82. The molecular weight excluding hydrogens is 276 g/mol. The van der Waals surface area contributed by atoms with Crippen molar-refractivity contribution in [3.63, 3.8) is 0 Å². The second kappa shape index (κ2) is 5.09. The van der Waals surface area contributed by atoms with Gasteiger partial charge in [0.05, 0.1) is 6.42 Å². The summed E-state index contributed by atoms with van der Waals surface area (Å²) in [6.07, 6.45) is 0.662. The molecule has 0 radical (unpaired) electrons. The van der Waals surface area contributed by atoms with Crippen LogP contribution in [0.25, 0.3) is 11.1 Å². The quantitative estimate of drug-likeness (QED) is 0.741. The van der Waals surface area contributed by atoms with Gasteiger partial charge in [-0.05, 0) is 34.7 Å². The molecule has 22 heavy (non-hydrogen) atoms. The van der Waals surface area contributed by atoms with Gasteiger partial charge in [0.2, 0.25) is 0 Å². The fourth-order valence-electron chi connectivity index (χ4n) is 3.14. The second-order valence-corrected chi connectivity index (χ2v) is 6.49. The van der Waals surface area contributed by atoms with Gasteiger partial charge in [-0.15, -0.1) is 0 Å². The van der Waals surface area contributed by atoms with Crippen LogP contribution in [0, 0.1) is 5.41 Å². The van der Waals surface area contributed by atoms with Crippen molar-refractivity contribution in [1.82, 2.24) is 0 Å². The van der Waals surface area contributed by atoms with Crippen molar-refractivity contribution in [2.24, 2.45) is 5.41 Å². The molecule has 0 heterocycles. The van der Waals surface area contributed by atoms with Crippen LogP contribution >= 0.6 is 0 Å². The number of carboxylic acid groups (broad SMARTS) is 1. The minimum Gasteiger partial charge on any atom is -0.481 e. The number of benzene rings is 2. The lowest BCUT2D eigenvalue weighted by molar-refractivity contribution is -0.138. The molecule has 0 amide bonds. The van der Waals surface area contributed by atoms with Crippen molar-refractivity contribution < 1.29 is 14.7 Å². The highest BCUT2D eigenvalue weighted by atomic mass is 16.4. The van der Waals surface area contributed by atoms with Crippen molar-refractivity contribution in [2.45, 2.75) is 26.7 Å². The number of ketones is 1. The van der Waals surface area contributed by atoms with E-state index < -0.39 is 11.4 Å². The molecule has 112 valence electrons. The van der Waals surface area contributed by atoms with E-state index in [2.05, 4.69) is 12.1 Å². The maximum absolute atomic E-state index is 12.6. The van der Waals surface area contributed by atoms with Crippen LogP contribution in [0.2, 0.25) is 0 Å². The fraction of sp³-hybridized carbons (Fsp3) is 0.263. The first-order valence-corrected chi connectivity index (χ1v) is 7.36. The summed E-state index contributed by atoms with van der Waals surface area (Å²) in [5, 5.41) is 8.97. The van der Waals surface area contributed by atoms with Crippen LogP contribution in [-0.4, -0.2) is 16.9 Å². The van der Waals surface area contributed by atoms with Crippen LogP contribution in [0.3, 0.4) is 0 Å². The Morgan fingerprint density at radius 3 is 2.45 bits per heavy atom. The number of Topliss-reactive ketones (excluding diaryl/α,β-unsaturated/α-hetero) is 1. The van der Waals surface area contributed by atoms with Crippen LogP contribution in [0.15, 0.2) is 42.5 Å². The van der Waals surface area contributed by atoms with E-state index in [0.29, 0.717) is 5.56 Å². The fourth-order valence-corrected chi connectivity index (χ4v) is 3.14. The molecule has 0 spiro atoms. The first-order valence-electron chi connectivity index (χ1n) is 7.36. The molecule has 3 nitrogen and oxygen atoms in total. The van der Waals surface area contributed by atoms with Gasteiger partial charge in [0, 0.05) is 11.0 Å². The Hall–Kier alpha value is -2.42. The van der Waals surface area contributed by atoms with Crippen molar-refractivity contribution in [3.05, 3.63) is 59.2 Å². The van der Waals surface area contributed by atoms with E-state index in [1.54, 1.807) is 13.8 Å². The smallest absolute Gasteiger partial charge is 0.304 e. The van der Waals surface area contributed by atoms with E-state index in [-0.39, 0.29) is 12.2 Å². The summed E-state index contributed by atoms with van der Waals surface area (Å²) in [6, 6.07) is 13.9. The highest BCUT2D eigenvalue weighted by Gasteiger charge is 2.32. The molecule has 1 aliphatic rings. The molecule has 1 aliphatic carbocycles. The lowest BCUT2D eigenvalue weighted by Gasteiger charge is -2.21. The van der Waals surface area contributed by atoms with E-state index >= 15 is 0 Å². The summed E-state index contributed by atoms with van der Waals surface area (Å²) >= 11 is 0. The standard InChI is InChI=1S/C19H18O3/c1-19(2,11-17(20)21)18(22)13-7-8-16-14(10-13)9-12-5-3-4-6-15(12)16/h3-8,10H,9,11H2,1-2H3,(H,20,21). The SMILES string of the molecule is CC(C)(CC(=O)O)C(=O)c1ccc2c(c1)Cc1ccccc1-2. The Kier molecular flexibility index (Phi) is 3.36. The van der Waals surface area contributed by atoms with E-state index in [1.165, 1.54) is 16.7 Å². The highest BCUT2D eigenvalue weighted by Crippen LogP contribution is 2.37. The number of carbonyl (C=O) groups excluding carboxylic acids is 1. The maximum atomic E-state index is 12.6. The number of hydrogen-bond acceptors (Lipinski definition) is 2. The molecule has 0 saturated carbocycles. The largest absolute Gasteiger partial charge is 0.481 e. The summed E-state index contributed by atoms with van der Waals surface area (Å²) in [5.41, 5.74) is 4.50. The third-order valence-corrected chi connectivity index (χ3v) is 4.26. The zero-order valence-corrected chi connectivity index (χ0v) is 12.7. The molecule has 0 unspecified atom stereocenters. The monoisotopic (exact) mass is 294 g/mol. The Bertz CT molecular complexity index is 772. The van der Waals surface area contributed by atoms with Gasteiger partial charge in [0.15, 0.2) is 5.78 Å². The van der Waals surface area contributed by atoms with Crippen LogP contribution < -0.4 is 0 Å². The molecule has 0 aliphatic heterocycles. The van der Waals surface area contributed by atoms with Gasteiger partial charge in [-0.3, -0.25) is 9.59 Å². The van der Waals surface area contributed by atoms with Crippen molar-refractivity contribution >= 4 is 11.8 Å². The molecule has 3 rings (SSSR count). The Labute approximate surface area is 129 Å². The van der Waals surface area contributed by atoms with Crippen LogP contribution in [-0.2, 0) is 11.2 Å². The first kappa shape index (κ1) is 14.5. The summed E-state index contributed by atoms with van der Waals surface area (Å²) in [4.78, 5) is 23.5. The number of carboxylic acids is 1. The number of hydrogen-bond donors (Lipinski definition) is 1. The van der Waals surface area contributed by atoms with Crippen molar-refractivity contribution in [1.29, 1.82) is 0 Å². The van der Waals surface area contributed by atoms with Gasteiger partial charge in [-0.1, -0.05) is 50.2 Å². The Morgan fingerprint density at radius 2 is 1.73 bits per heavy atom. The summed E-state index contributed by atoms with van der Waals surface area (Å²) < 4.78 is 0. The van der Waals surface area contributed by atoms with Crippen molar-refractivity contribution in [2.75, 3.05) is 0 Å². The maximum Gasteiger partial charge on any atom is 0.304 e. The predicted molar refractivity (Wildman–Crippen MR) is 85.0 cm³/mol. The van der Waals surface area contributed by atoms with Gasteiger partial charge >= 0.3 is 5.97 Å². The van der Waals surface area contributed by atoms with E-state index in [9.17, 15) is 9.59 Å². The lowest BCUT2D eigenvalue weighted by Crippen LogP contribution is -2.27. The second-order valence-electron chi connectivity index (χ2n) is 6.49. The lowest BCUT2D eigenvalue weighted by atomic mass is 9.81. The molecule has 0 saturated heterocycles. The molecule has 0 atom stereocenters. The minimum absolute atomic E-state index is 0.117. The topological polar surface area (TPSA) is 54.4 Å². The first-order chi connectivity index (χ1) is 10.4. The summed E-state index contributed by atoms with van der Waals surface area (Å²) in [5.74, 6) is -1.07. The molecular formula is C19H18O3. The van der Waals surface area contributed by atoms with E-state index in [0.717, 1.165) is 12.0 Å². The molecule has 2 aromatic carbocycles. The van der Waals surface area contributed by atoms with Crippen molar-refractivity contribution in [3.8, 4) is 11.1 Å². The molecule has 0 bridgehead atoms. The average molecular weight is 294 g/mol.